The summed E-state index contributed by atoms with van der Waals surface area (Å²) in [5.41, 5.74) is 7.07. The van der Waals surface area contributed by atoms with Crippen molar-refractivity contribution in [3.8, 4) is 0 Å². The Morgan fingerprint density at radius 1 is 1.25 bits per heavy atom. The molecule has 0 spiro atoms. The number of hydrogen-bond acceptors (Lipinski definition) is 8. The summed E-state index contributed by atoms with van der Waals surface area (Å²) in [5.74, 6) is 4.21. The Morgan fingerprint density at radius 3 is 2.52 bits per heavy atom. The van der Waals surface area contributed by atoms with Crippen molar-refractivity contribution in [2.24, 2.45) is 17.5 Å². The van der Waals surface area contributed by atoms with Crippen molar-refractivity contribution in [1.82, 2.24) is 30.5 Å². The highest BCUT2D eigenvalue weighted by molar-refractivity contribution is 5.97. The second-order valence-corrected chi connectivity index (χ2v) is 9.11. The Hall–Kier alpha value is -4.23. The molecule has 0 saturated carbocycles. The van der Waals surface area contributed by atoms with Gasteiger partial charge in [0.1, 0.15) is 12.2 Å². The number of nitrogens with one attached hydrogen (secondary N) is 2. The van der Waals surface area contributed by atoms with E-state index < -0.39 is 29.9 Å². The number of carbonyl (C=O) groups is 1. The van der Waals surface area contributed by atoms with Crippen LogP contribution < -0.4 is 22.2 Å². The molecule has 1 aliphatic rings. The molecule has 0 aliphatic heterocycles. The average molecular weight is 563 g/mol. The topological polar surface area (TPSA) is 125 Å². The van der Waals surface area contributed by atoms with Crippen molar-refractivity contribution in [2.45, 2.75) is 19.5 Å². The highest BCUT2D eigenvalue weighted by Crippen LogP contribution is 2.23. The van der Waals surface area contributed by atoms with Gasteiger partial charge in [0.15, 0.2) is 0 Å². The summed E-state index contributed by atoms with van der Waals surface area (Å²) < 4.78 is 53.1. The lowest BCUT2D eigenvalue weighted by Crippen LogP contribution is -2.30. The van der Waals surface area contributed by atoms with Crippen LogP contribution in [-0.4, -0.2) is 59.1 Å². The SMILES string of the molecule is C=C(F)/C(=C\C(=C/CC(F)(F)F)C(=O)NC1=CC=CC(C)C(N(N)/C=C(\N)c2cncnc2)=C1)NCCN(C)C. The smallest absolute Gasteiger partial charge is 0.392 e. The molecule has 0 radical (unpaired) electrons. The van der Waals surface area contributed by atoms with Crippen LogP contribution in [0.15, 0.2) is 96.4 Å². The molecule has 1 heterocycles. The van der Waals surface area contributed by atoms with Crippen LogP contribution in [0.3, 0.4) is 0 Å². The van der Waals surface area contributed by atoms with Crippen LogP contribution in [-0.2, 0) is 4.79 Å². The van der Waals surface area contributed by atoms with E-state index in [4.69, 9.17) is 11.6 Å². The Balaban J connectivity index is 2.36. The van der Waals surface area contributed by atoms with E-state index in [1.165, 1.54) is 29.9 Å². The average Bonchev–Trinajstić information content (AvgIpc) is 3.05. The number of alkyl halides is 3. The van der Waals surface area contributed by atoms with Crippen LogP contribution in [0, 0.1) is 5.92 Å². The predicted octanol–water partition coefficient (Wildman–Crippen LogP) is 3.40. The number of aromatic nitrogens is 2. The number of rotatable bonds is 12. The van der Waals surface area contributed by atoms with Crippen LogP contribution in [0.4, 0.5) is 17.6 Å². The molecule has 1 unspecified atom stereocenters. The maximum Gasteiger partial charge on any atom is 0.392 e. The van der Waals surface area contributed by atoms with Crippen molar-refractivity contribution in [2.75, 3.05) is 27.2 Å². The third-order valence-electron chi connectivity index (χ3n) is 5.46. The normalized spacial score (nSPS) is 16.7. The number of hydrazine groups is 1. The zero-order valence-electron chi connectivity index (χ0n) is 22.5. The fourth-order valence-electron chi connectivity index (χ4n) is 3.34. The minimum Gasteiger partial charge on any atom is -0.397 e. The van der Waals surface area contributed by atoms with Gasteiger partial charge in [-0.3, -0.25) is 9.80 Å². The molecule has 2 rings (SSSR count). The minimum absolute atomic E-state index is 0.205. The second kappa shape index (κ2) is 14.8. The summed E-state index contributed by atoms with van der Waals surface area (Å²) in [4.78, 5) is 22.8. The molecule has 13 heteroatoms. The Bertz CT molecular complexity index is 1230. The summed E-state index contributed by atoms with van der Waals surface area (Å²) in [6.45, 7) is 5.86. The van der Waals surface area contributed by atoms with Crippen molar-refractivity contribution in [3.05, 3.63) is 102 Å². The molecule has 6 N–H and O–H groups in total. The van der Waals surface area contributed by atoms with Crippen LogP contribution in [0.1, 0.15) is 18.9 Å². The van der Waals surface area contributed by atoms with Gasteiger partial charge >= 0.3 is 6.18 Å². The Kier molecular flexibility index (Phi) is 11.8. The molecule has 1 aliphatic carbocycles. The zero-order valence-corrected chi connectivity index (χ0v) is 22.5. The van der Waals surface area contributed by atoms with Crippen LogP contribution in [0.5, 0.6) is 0 Å². The van der Waals surface area contributed by atoms with Crippen molar-refractivity contribution >= 4 is 11.6 Å². The van der Waals surface area contributed by atoms with Gasteiger partial charge in [0.2, 0.25) is 0 Å². The molecule has 0 bridgehead atoms. The third kappa shape index (κ3) is 10.9. The third-order valence-corrected chi connectivity index (χ3v) is 5.46. The van der Waals surface area contributed by atoms with Gasteiger partial charge in [-0.2, -0.15) is 13.2 Å². The highest BCUT2D eigenvalue weighted by Gasteiger charge is 2.26. The van der Waals surface area contributed by atoms with Crippen molar-refractivity contribution < 1.29 is 22.4 Å². The van der Waals surface area contributed by atoms with E-state index in [1.807, 2.05) is 11.8 Å². The molecule has 0 fully saturated rings. The van der Waals surface area contributed by atoms with E-state index in [2.05, 4.69) is 27.2 Å². The number of allylic oxidation sites excluding steroid dienone is 6. The highest BCUT2D eigenvalue weighted by atomic mass is 19.4. The first-order chi connectivity index (χ1) is 18.8. The second-order valence-electron chi connectivity index (χ2n) is 9.11. The summed E-state index contributed by atoms with van der Waals surface area (Å²) >= 11 is 0. The van der Waals surface area contributed by atoms with Crippen molar-refractivity contribution in [1.29, 1.82) is 0 Å². The standard InChI is InChI=1S/C27H34F4N8O/c1-18-6-5-7-22(13-25(18)39(33)16-23(32)21-14-34-17-35-15-21)37-26(40)20(8-9-27(29,30)31)12-24(19(2)28)36-10-11-38(3)4/h5-8,12-18,36H,2,9-11,32-33H2,1,3-4H3,(H,37,40)/b20-8+,23-16-,24-12+. The van der Waals surface area contributed by atoms with Gasteiger partial charge in [0.25, 0.3) is 5.91 Å². The van der Waals surface area contributed by atoms with Crippen LogP contribution in [0.25, 0.3) is 5.70 Å². The molecule has 1 aromatic rings. The van der Waals surface area contributed by atoms with E-state index >= 15 is 0 Å². The summed E-state index contributed by atoms with van der Waals surface area (Å²) in [7, 11) is 3.61. The molecule has 1 atom stereocenters. The first-order valence-electron chi connectivity index (χ1n) is 12.2. The lowest BCUT2D eigenvalue weighted by molar-refractivity contribution is -0.125. The van der Waals surface area contributed by atoms with Gasteiger partial charge in [0, 0.05) is 60.1 Å². The molecule has 9 nitrogen and oxygen atoms in total. The minimum atomic E-state index is -4.58. The van der Waals surface area contributed by atoms with Crippen LogP contribution >= 0.6 is 0 Å². The van der Waals surface area contributed by atoms with E-state index in [0.717, 1.165) is 6.08 Å². The molecule has 40 heavy (non-hydrogen) atoms. The molecular formula is C27H34F4N8O. The van der Waals surface area contributed by atoms with Gasteiger partial charge < -0.3 is 21.3 Å². The molecule has 216 valence electrons. The van der Waals surface area contributed by atoms with Crippen molar-refractivity contribution in [3.63, 3.8) is 0 Å². The number of nitrogens with zero attached hydrogens (tertiary/aromatic N) is 4. The molecular weight excluding hydrogens is 528 g/mol. The van der Waals surface area contributed by atoms with Gasteiger partial charge in [-0.15, -0.1) is 0 Å². The predicted molar refractivity (Wildman–Crippen MR) is 146 cm³/mol. The maximum atomic E-state index is 14.1. The lowest BCUT2D eigenvalue weighted by Gasteiger charge is -2.22. The summed E-state index contributed by atoms with van der Waals surface area (Å²) in [6, 6.07) is 0. The van der Waals surface area contributed by atoms with Gasteiger partial charge in [-0.25, -0.2) is 20.2 Å². The quantitative estimate of drug-likeness (QED) is 0.100. The molecule has 1 amide bonds. The fraction of sp³-hybridized carbons (Fsp3) is 0.296. The van der Waals surface area contributed by atoms with E-state index in [9.17, 15) is 22.4 Å². The Labute approximate surface area is 231 Å². The monoisotopic (exact) mass is 562 g/mol. The number of likely N-dealkylation sites (N-methyl/N-ethyl adjacent to an activating group) is 1. The molecule has 0 aromatic carbocycles. The summed E-state index contributed by atoms with van der Waals surface area (Å²) in [5, 5.41) is 6.60. The largest absolute Gasteiger partial charge is 0.397 e. The number of carbonyl (C=O) groups excluding carboxylic acids is 1. The summed E-state index contributed by atoms with van der Waals surface area (Å²) in [6.07, 6.45) is 8.15. The fourth-order valence-corrected chi connectivity index (χ4v) is 3.34. The van der Waals surface area contributed by atoms with Gasteiger partial charge in [0.05, 0.1) is 17.8 Å². The number of hydrogen-bond donors (Lipinski definition) is 4. The van der Waals surface area contributed by atoms with E-state index in [1.54, 1.807) is 38.4 Å². The molecule has 1 aromatic heterocycles. The van der Waals surface area contributed by atoms with Gasteiger partial charge in [-0.05, 0) is 32.3 Å². The van der Waals surface area contributed by atoms with E-state index in [-0.39, 0.29) is 29.6 Å². The Morgan fingerprint density at radius 2 is 1.93 bits per heavy atom. The number of amides is 1. The van der Waals surface area contributed by atoms with E-state index in [0.29, 0.717) is 23.9 Å². The lowest BCUT2D eigenvalue weighted by atomic mass is 10.1. The molecule has 0 saturated heterocycles. The van der Waals surface area contributed by atoms with Crippen LogP contribution in [0.2, 0.25) is 0 Å². The first kappa shape index (κ1) is 32.0. The zero-order chi connectivity index (χ0) is 29.9. The number of halogens is 4. The maximum absolute atomic E-state index is 14.1. The first-order valence-corrected chi connectivity index (χ1v) is 12.2. The number of nitrogens with two attached hydrogens (primary N) is 2. The van der Waals surface area contributed by atoms with Gasteiger partial charge in [-0.1, -0.05) is 31.7 Å².